The summed E-state index contributed by atoms with van der Waals surface area (Å²) in [5, 5.41) is 6.84. The number of amides is 2. The highest BCUT2D eigenvalue weighted by molar-refractivity contribution is 7.17. The Balaban J connectivity index is 1.66. The van der Waals surface area contributed by atoms with E-state index in [-0.39, 0.29) is 23.3 Å². The van der Waals surface area contributed by atoms with Crippen molar-refractivity contribution in [2.75, 3.05) is 5.32 Å². The third-order valence-electron chi connectivity index (χ3n) is 6.93. The van der Waals surface area contributed by atoms with Gasteiger partial charge in [0.15, 0.2) is 0 Å². The molecule has 2 aliphatic rings. The predicted molar refractivity (Wildman–Crippen MR) is 121 cm³/mol. The van der Waals surface area contributed by atoms with Crippen molar-refractivity contribution in [2.45, 2.75) is 79.2 Å². The van der Waals surface area contributed by atoms with Gasteiger partial charge in [-0.1, -0.05) is 27.2 Å². The minimum Gasteiger partial charge on any atom is -0.466 e. The van der Waals surface area contributed by atoms with Crippen molar-refractivity contribution in [3.8, 4) is 0 Å². The number of rotatable bonds is 6. The molecule has 0 aromatic carbocycles. The summed E-state index contributed by atoms with van der Waals surface area (Å²) < 4.78 is 5.52. The maximum absolute atomic E-state index is 13.1. The van der Waals surface area contributed by atoms with Gasteiger partial charge in [0.2, 0.25) is 0 Å². The molecule has 30 heavy (non-hydrogen) atoms. The molecule has 162 valence electrons. The van der Waals surface area contributed by atoms with E-state index < -0.39 is 0 Å². The van der Waals surface area contributed by atoms with Crippen LogP contribution >= 0.6 is 11.3 Å². The summed E-state index contributed by atoms with van der Waals surface area (Å²) in [5.41, 5.74) is 2.61. The van der Waals surface area contributed by atoms with E-state index in [1.54, 1.807) is 24.3 Å². The monoisotopic (exact) mass is 428 g/mol. The molecule has 0 saturated heterocycles. The Morgan fingerprint density at radius 3 is 2.53 bits per heavy atom. The van der Waals surface area contributed by atoms with Gasteiger partial charge in [0.25, 0.3) is 11.8 Å². The highest BCUT2D eigenvalue weighted by Gasteiger charge is 2.36. The Morgan fingerprint density at radius 1 is 1.20 bits per heavy atom. The van der Waals surface area contributed by atoms with E-state index >= 15 is 0 Å². The van der Waals surface area contributed by atoms with Gasteiger partial charge in [0, 0.05) is 10.9 Å². The Morgan fingerprint density at radius 2 is 1.93 bits per heavy atom. The molecule has 0 aliphatic heterocycles. The van der Waals surface area contributed by atoms with Crippen LogP contribution in [0.3, 0.4) is 0 Å². The lowest BCUT2D eigenvalue weighted by molar-refractivity contribution is 0.0950. The number of nitrogens with one attached hydrogen (secondary N) is 2. The van der Waals surface area contributed by atoms with Crippen LogP contribution < -0.4 is 10.6 Å². The topological polar surface area (TPSA) is 71.3 Å². The van der Waals surface area contributed by atoms with Crippen LogP contribution in [0.15, 0.2) is 10.5 Å². The molecule has 2 amide bonds. The van der Waals surface area contributed by atoms with Crippen LogP contribution in [0.4, 0.5) is 5.00 Å². The SMILES string of the molecule is CCC(C)(C)C1CCc2c(sc(NC(=O)c3cc(C)oc3C)c2C(=O)NC2CC2)C1. The number of fused-ring (bicyclic) bond motifs is 1. The van der Waals surface area contributed by atoms with Crippen LogP contribution in [0.2, 0.25) is 0 Å². The number of thiophene rings is 1. The van der Waals surface area contributed by atoms with Crippen molar-refractivity contribution in [3.05, 3.63) is 39.2 Å². The lowest BCUT2D eigenvalue weighted by Gasteiger charge is -2.36. The molecule has 2 aliphatic carbocycles. The molecule has 0 radical (unpaired) electrons. The van der Waals surface area contributed by atoms with Crippen molar-refractivity contribution in [3.63, 3.8) is 0 Å². The van der Waals surface area contributed by atoms with Crippen molar-refractivity contribution >= 4 is 28.2 Å². The zero-order chi connectivity index (χ0) is 21.6. The molecular weight excluding hydrogens is 396 g/mol. The number of anilines is 1. The number of hydrogen-bond donors (Lipinski definition) is 2. The summed E-state index contributed by atoms with van der Waals surface area (Å²) in [7, 11) is 0. The average Bonchev–Trinajstić information content (AvgIpc) is 3.33. The molecule has 1 atom stereocenters. The Kier molecular flexibility index (Phi) is 5.56. The number of carbonyl (C=O) groups excluding carboxylic acids is 2. The van der Waals surface area contributed by atoms with E-state index in [0.29, 0.717) is 33.6 Å². The van der Waals surface area contributed by atoms with Gasteiger partial charge in [-0.2, -0.15) is 0 Å². The fourth-order valence-corrected chi connectivity index (χ4v) is 5.70. The largest absolute Gasteiger partial charge is 0.466 e. The number of hydrogen-bond acceptors (Lipinski definition) is 4. The molecule has 2 aromatic heterocycles. The van der Waals surface area contributed by atoms with Gasteiger partial charge in [0.05, 0.1) is 11.1 Å². The number of furan rings is 1. The molecule has 0 spiro atoms. The van der Waals surface area contributed by atoms with E-state index in [0.717, 1.165) is 44.1 Å². The Bertz CT molecular complexity index is 981. The fourth-order valence-electron chi connectivity index (χ4n) is 4.38. The standard InChI is InChI=1S/C24H32N2O3S/c1-6-24(4,5)15-7-10-17-19(12-15)30-23(20(17)22(28)25-16-8-9-16)26-21(27)18-11-13(2)29-14(18)3/h11,15-16H,6-10,12H2,1-5H3,(H,25,28)(H,26,27). The third-order valence-corrected chi connectivity index (χ3v) is 8.10. The summed E-state index contributed by atoms with van der Waals surface area (Å²) in [6.45, 7) is 10.5. The van der Waals surface area contributed by atoms with E-state index in [2.05, 4.69) is 31.4 Å². The quantitative estimate of drug-likeness (QED) is 0.625. The third kappa shape index (κ3) is 4.07. The molecule has 2 aromatic rings. The van der Waals surface area contributed by atoms with Gasteiger partial charge in [-0.05, 0) is 68.9 Å². The van der Waals surface area contributed by atoms with Crippen LogP contribution in [0.5, 0.6) is 0 Å². The molecule has 5 nitrogen and oxygen atoms in total. The molecule has 1 fully saturated rings. The summed E-state index contributed by atoms with van der Waals surface area (Å²) in [6.07, 6.45) is 6.18. The zero-order valence-electron chi connectivity index (χ0n) is 18.6. The molecule has 2 N–H and O–H groups in total. The fraction of sp³-hybridized carbons (Fsp3) is 0.583. The average molecular weight is 429 g/mol. The van der Waals surface area contributed by atoms with E-state index in [1.807, 2.05) is 6.92 Å². The molecule has 4 rings (SSSR count). The van der Waals surface area contributed by atoms with Crippen LogP contribution in [0.1, 0.15) is 89.1 Å². The number of carbonyl (C=O) groups is 2. The van der Waals surface area contributed by atoms with Crippen molar-refractivity contribution in [1.29, 1.82) is 0 Å². The van der Waals surface area contributed by atoms with E-state index in [9.17, 15) is 9.59 Å². The maximum atomic E-state index is 13.1. The molecule has 0 bridgehead atoms. The van der Waals surface area contributed by atoms with Crippen LogP contribution in [0.25, 0.3) is 0 Å². The number of aryl methyl sites for hydroxylation is 2. The van der Waals surface area contributed by atoms with Crippen LogP contribution in [0, 0.1) is 25.2 Å². The first-order valence-corrected chi connectivity index (χ1v) is 11.8. The molecule has 1 unspecified atom stereocenters. The summed E-state index contributed by atoms with van der Waals surface area (Å²) >= 11 is 1.58. The predicted octanol–water partition coefficient (Wildman–Crippen LogP) is 5.64. The summed E-state index contributed by atoms with van der Waals surface area (Å²) in [4.78, 5) is 27.3. The zero-order valence-corrected chi connectivity index (χ0v) is 19.4. The van der Waals surface area contributed by atoms with Crippen molar-refractivity contribution in [1.82, 2.24) is 5.32 Å². The van der Waals surface area contributed by atoms with Crippen LogP contribution in [-0.4, -0.2) is 17.9 Å². The first-order chi connectivity index (χ1) is 14.2. The summed E-state index contributed by atoms with van der Waals surface area (Å²) in [6, 6.07) is 2.03. The highest BCUT2D eigenvalue weighted by atomic mass is 32.1. The first-order valence-electron chi connectivity index (χ1n) is 11.0. The summed E-state index contributed by atoms with van der Waals surface area (Å²) in [5.74, 6) is 1.64. The Labute approximate surface area is 182 Å². The lowest BCUT2D eigenvalue weighted by atomic mass is 9.69. The van der Waals surface area contributed by atoms with Gasteiger partial charge < -0.3 is 15.1 Å². The van der Waals surface area contributed by atoms with Gasteiger partial charge in [-0.3, -0.25) is 9.59 Å². The lowest BCUT2D eigenvalue weighted by Crippen LogP contribution is -2.30. The second kappa shape index (κ2) is 7.88. The normalized spacial score (nSPS) is 18.8. The minimum atomic E-state index is -0.214. The molecule has 2 heterocycles. The smallest absolute Gasteiger partial charge is 0.259 e. The molecular formula is C24H32N2O3S. The van der Waals surface area contributed by atoms with Gasteiger partial charge in [0.1, 0.15) is 16.5 Å². The molecule has 6 heteroatoms. The minimum absolute atomic E-state index is 0.0430. The van der Waals surface area contributed by atoms with E-state index in [4.69, 9.17) is 4.42 Å². The van der Waals surface area contributed by atoms with Gasteiger partial charge >= 0.3 is 0 Å². The second-order valence-electron chi connectivity index (χ2n) is 9.52. The van der Waals surface area contributed by atoms with Crippen molar-refractivity contribution < 1.29 is 14.0 Å². The Hall–Kier alpha value is -2.08. The van der Waals surface area contributed by atoms with Gasteiger partial charge in [-0.25, -0.2) is 0 Å². The van der Waals surface area contributed by atoms with E-state index in [1.165, 1.54) is 4.88 Å². The highest BCUT2D eigenvalue weighted by Crippen LogP contribution is 2.45. The van der Waals surface area contributed by atoms with Crippen molar-refractivity contribution in [2.24, 2.45) is 11.3 Å². The maximum Gasteiger partial charge on any atom is 0.259 e. The first kappa shape index (κ1) is 21.2. The van der Waals surface area contributed by atoms with Crippen LogP contribution in [-0.2, 0) is 12.8 Å². The molecule has 1 saturated carbocycles. The van der Waals surface area contributed by atoms with Gasteiger partial charge in [-0.15, -0.1) is 11.3 Å². The second-order valence-corrected chi connectivity index (χ2v) is 10.6.